The van der Waals surface area contributed by atoms with Crippen molar-refractivity contribution in [3.8, 4) is 0 Å². The van der Waals surface area contributed by atoms with Gasteiger partial charge in [-0.05, 0) is 18.6 Å². The second-order valence-corrected chi connectivity index (χ2v) is 4.46. The molecule has 0 aromatic carbocycles. The van der Waals surface area contributed by atoms with Crippen molar-refractivity contribution in [3.63, 3.8) is 0 Å². The van der Waals surface area contributed by atoms with E-state index >= 15 is 0 Å². The van der Waals surface area contributed by atoms with E-state index in [4.69, 9.17) is 0 Å². The highest BCUT2D eigenvalue weighted by Crippen LogP contribution is 2.11. The summed E-state index contributed by atoms with van der Waals surface area (Å²) >= 11 is 0. The first-order valence-electron chi connectivity index (χ1n) is 6.58. The second-order valence-electron chi connectivity index (χ2n) is 4.46. The number of carbonyl (C=O) groups excluding carboxylic acids is 1. The number of pyridine rings is 1. The maximum Gasteiger partial charge on any atom is 0.255 e. The first-order valence-corrected chi connectivity index (χ1v) is 6.58. The second kappa shape index (κ2) is 6.18. The molecule has 2 heterocycles. The van der Waals surface area contributed by atoms with Gasteiger partial charge in [0.05, 0.1) is 11.3 Å². The van der Waals surface area contributed by atoms with E-state index in [2.05, 4.69) is 20.7 Å². The molecule has 0 unspecified atom stereocenters. The summed E-state index contributed by atoms with van der Waals surface area (Å²) in [4.78, 5) is 16.3. The van der Waals surface area contributed by atoms with Crippen LogP contribution in [0.2, 0.25) is 0 Å². The molecule has 0 atom stereocenters. The zero-order chi connectivity index (χ0) is 14.5. The minimum absolute atomic E-state index is 0.145. The van der Waals surface area contributed by atoms with Gasteiger partial charge in [-0.15, -0.1) is 0 Å². The molecule has 0 spiro atoms. The van der Waals surface area contributed by atoms with Gasteiger partial charge < -0.3 is 10.6 Å². The Morgan fingerprint density at radius 1 is 1.45 bits per heavy atom. The number of aromatic nitrogens is 3. The number of aryl methyl sites for hydroxylation is 2. The van der Waals surface area contributed by atoms with Crippen molar-refractivity contribution in [2.75, 3.05) is 12.4 Å². The number of anilines is 1. The van der Waals surface area contributed by atoms with Crippen molar-refractivity contribution >= 4 is 11.7 Å². The smallest absolute Gasteiger partial charge is 0.255 e. The van der Waals surface area contributed by atoms with Crippen molar-refractivity contribution in [1.82, 2.24) is 20.1 Å². The van der Waals surface area contributed by atoms with Crippen LogP contribution in [0.25, 0.3) is 0 Å². The first kappa shape index (κ1) is 14.0. The topological polar surface area (TPSA) is 71.8 Å². The highest BCUT2D eigenvalue weighted by molar-refractivity contribution is 5.98. The molecule has 2 aromatic rings. The molecule has 0 saturated carbocycles. The van der Waals surface area contributed by atoms with E-state index in [1.807, 2.05) is 20.2 Å². The summed E-state index contributed by atoms with van der Waals surface area (Å²) in [7, 11) is 3.63. The lowest BCUT2D eigenvalue weighted by Crippen LogP contribution is -2.24. The Labute approximate surface area is 118 Å². The molecule has 20 heavy (non-hydrogen) atoms. The Bertz CT molecular complexity index is 605. The summed E-state index contributed by atoms with van der Waals surface area (Å²) in [5.74, 6) is 0.431. The molecule has 0 radical (unpaired) electrons. The number of nitrogens with one attached hydrogen (secondary N) is 2. The molecule has 0 aliphatic rings. The van der Waals surface area contributed by atoms with Crippen LogP contribution in [0.1, 0.15) is 28.5 Å². The van der Waals surface area contributed by atoms with Crippen molar-refractivity contribution in [3.05, 3.63) is 41.3 Å². The summed E-state index contributed by atoms with van der Waals surface area (Å²) < 4.78 is 1.77. The molecule has 106 valence electrons. The van der Waals surface area contributed by atoms with Gasteiger partial charge in [-0.2, -0.15) is 5.10 Å². The van der Waals surface area contributed by atoms with Crippen LogP contribution in [-0.4, -0.2) is 27.7 Å². The van der Waals surface area contributed by atoms with E-state index in [0.717, 1.165) is 17.7 Å². The number of rotatable bonds is 5. The van der Waals surface area contributed by atoms with E-state index in [-0.39, 0.29) is 5.91 Å². The van der Waals surface area contributed by atoms with Gasteiger partial charge in [0.25, 0.3) is 5.91 Å². The average Bonchev–Trinajstić information content (AvgIpc) is 2.84. The number of amides is 1. The molecule has 0 bridgehead atoms. The molecule has 2 N–H and O–H groups in total. The number of nitrogens with zero attached hydrogens (tertiary/aromatic N) is 3. The van der Waals surface area contributed by atoms with Crippen LogP contribution < -0.4 is 10.6 Å². The first-order chi connectivity index (χ1) is 9.65. The van der Waals surface area contributed by atoms with Crippen molar-refractivity contribution in [1.29, 1.82) is 0 Å². The highest BCUT2D eigenvalue weighted by atomic mass is 16.1. The summed E-state index contributed by atoms with van der Waals surface area (Å²) in [6, 6.07) is 3.50. The van der Waals surface area contributed by atoms with E-state index in [1.165, 1.54) is 0 Å². The fourth-order valence-electron chi connectivity index (χ4n) is 2.09. The third kappa shape index (κ3) is 2.96. The highest BCUT2D eigenvalue weighted by Gasteiger charge is 2.12. The fourth-order valence-corrected chi connectivity index (χ4v) is 2.09. The Hall–Kier alpha value is -2.37. The molecule has 6 heteroatoms. The van der Waals surface area contributed by atoms with Gasteiger partial charge in [0.15, 0.2) is 0 Å². The molecule has 0 fully saturated rings. The maximum atomic E-state index is 12.2. The summed E-state index contributed by atoms with van der Waals surface area (Å²) in [6.45, 7) is 2.52. The molecular weight excluding hydrogens is 254 g/mol. The van der Waals surface area contributed by atoms with Gasteiger partial charge in [0.1, 0.15) is 5.82 Å². The van der Waals surface area contributed by atoms with E-state index in [9.17, 15) is 4.79 Å². The molecular formula is C14H19N5O. The van der Waals surface area contributed by atoms with Gasteiger partial charge in [0.2, 0.25) is 0 Å². The van der Waals surface area contributed by atoms with Gasteiger partial charge in [0, 0.05) is 38.6 Å². The Morgan fingerprint density at radius 3 is 2.95 bits per heavy atom. The predicted octanol–water partition coefficient (Wildman–Crippen LogP) is 1.35. The molecule has 0 aliphatic carbocycles. The van der Waals surface area contributed by atoms with Crippen LogP contribution in [0.4, 0.5) is 5.82 Å². The molecule has 2 aromatic heterocycles. The van der Waals surface area contributed by atoms with E-state index in [1.54, 1.807) is 30.1 Å². The third-order valence-corrected chi connectivity index (χ3v) is 3.06. The molecule has 6 nitrogen and oxygen atoms in total. The Balaban J connectivity index is 2.08. The number of carbonyl (C=O) groups is 1. The lowest BCUT2D eigenvalue weighted by molar-refractivity contribution is 0.0951. The predicted molar refractivity (Wildman–Crippen MR) is 77.5 cm³/mol. The Kier molecular flexibility index (Phi) is 4.34. The van der Waals surface area contributed by atoms with Gasteiger partial charge in [-0.1, -0.05) is 6.92 Å². The van der Waals surface area contributed by atoms with Crippen LogP contribution >= 0.6 is 0 Å². The van der Waals surface area contributed by atoms with Crippen molar-refractivity contribution < 1.29 is 4.79 Å². The van der Waals surface area contributed by atoms with Crippen LogP contribution in [0.3, 0.4) is 0 Å². The molecule has 0 aliphatic heterocycles. The lowest BCUT2D eigenvalue weighted by atomic mass is 10.2. The van der Waals surface area contributed by atoms with E-state index < -0.39 is 0 Å². The zero-order valence-corrected chi connectivity index (χ0v) is 12.0. The summed E-state index contributed by atoms with van der Waals surface area (Å²) in [5, 5.41) is 10.2. The van der Waals surface area contributed by atoms with Crippen LogP contribution in [-0.2, 0) is 20.0 Å². The van der Waals surface area contributed by atoms with Gasteiger partial charge in [-0.3, -0.25) is 9.48 Å². The van der Waals surface area contributed by atoms with Crippen LogP contribution in [0.15, 0.2) is 24.5 Å². The largest absolute Gasteiger partial charge is 0.372 e. The minimum atomic E-state index is -0.145. The van der Waals surface area contributed by atoms with Gasteiger partial charge in [-0.25, -0.2) is 4.98 Å². The zero-order valence-electron chi connectivity index (χ0n) is 12.0. The monoisotopic (exact) mass is 273 g/mol. The Morgan fingerprint density at radius 2 is 2.25 bits per heavy atom. The van der Waals surface area contributed by atoms with Gasteiger partial charge >= 0.3 is 0 Å². The van der Waals surface area contributed by atoms with Crippen LogP contribution in [0.5, 0.6) is 0 Å². The van der Waals surface area contributed by atoms with Crippen molar-refractivity contribution in [2.24, 2.45) is 7.05 Å². The SMILES string of the molecule is CCc1nn(C)cc1CNC(=O)c1cccnc1NC. The van der Waals surface area contributed by atoms with Crippen molar-refractivity contribution in [2.45, 2.75) is 19.9 Å². The quantitative estimate of drug-likeness (QED) is 0.862. The maximum absolute atomic E-state index is 12.2. The summed E-state index contributed by atoms with van der Waals surface area (Å²) in [5.41, 5.74) is 2.59. The third-order valence-electron chi connectivity index (χ3n) is 3.06. The lowest BCUT2D eigenvalue weighted by Gasteiger charge is -2.08. The molecule has 2 rings (SSSR count). The standard InChI is InChI=1S/C14H19N5O/c1-4-12-10(9-19(3)18-12)8-17-14(20)11-6-5-7-16-13(11)15-2/h5-7,9H,4,8H2,1-3H3,(H,15,16)(H,17,20). The molecule has 1 amide bonds. The minimum Gasteiger partial charge on any atom is -0.372 e. The fraction of sp³-hybridized carbons (Fsp3) is 0.357. The summed E-state index contributed by atoms with van der Waals surface area (Å²) in [6.07, 6.45) is 4.43. The number of hydrogen-bond donors (Lipinski definition) is 2. The normalized spacial score (nSPS) is 10.3. The van der Waals surface area contributed by atoms with Crippen LogP contribution in [0, 0.1) is 0 Å². The average molecular weight is 273 g/mol. The van der Waals surface area contributed by atoms with E-state index in [0.29, 0.717) is 17.9 Å². The number of hydrogen-bond acceptors (Lipinski definition) is 4. The molecule has 0 saturated heterocycles.